The number of carbonyl (C=O) groups excluding carboxylic acids is 3. The zero-order valence-electron chi connectivity index (χ0n) is 12.2. The fourth-order valence-electron chi connectivity index (χ4n) is 1.52. The molecule has 0 radical (unpaired) electrons. The first kappa shape index (κ1) is 16.5. The first-order valence-electron chi connectivity index (χ1n) is 6.37. The van der Waals surface area contributed by atoms with Crippen molar-refractivity contribution in [2.75, 3.05) is 20.3 Å². The molecular weight excluding hydrogens is 276 g/mol. The Kier molecular flexibility index (Phi) is 6.19. The number of Topliss-reactive ketones (excluding diaryl/α,β-unsaturated/α-hetero) is 1. The maximum absolute atomic E-state index is 11.5. The van der Waals surface area contributed by atoms with Crippen LogP contribution in [0.4, 0.5) is 4.79 Å². The number of imide groups is 1. The van der Waals surface area contributed by atoms with Crippen LogP contribution in [0.3, 0.4) is 0 Å². The van der Waals surface area contributed by atoms with Crippen LogP contribution in [-0.2, 0) is 4.79 Å². The summed E-state index contributed by atoms with van der Waals surface area (Å²) in [5.41, 5.74) is 0.478. The van der Waals surface area contributed by atoms with E-state index in [0.29, 0.717) is 23.6 Å². The average Bonchev–Trinajstić information content (AvgIpc) is 2.44. The standard InChI is InChI=1S/C14H18N2O5/c1-4-15-14(19)16-13(18)8-21-11-6-5-10(9(2)17)7-12(11)20-3/h5-7H,4,8H2,1-3H3,(H2,15,16,18,19). The number of rotatable bonds is 6. The molecule has 0 aromatic heterocycles. The Morgan fingerprint density at radius 3 is 2.48 bits per heavy atom. The van der Waals surface area contributed by atoms with Crippen LogP contribution in [0.5, 0.6) is 11.5 Å². The smallest absolute Gasteiger partial charge is 0.321 e. The van der Waals surface area contributed by atoms with Crippen LogP contribution in [0, 0.1) is 0 Å². The number of methoxy groups -OCH3 is 1. The van der Waals surface area contributed by atoms with Crippen molar-refractivity contribution in [2.45, 2.75) is 13.8 Å². The Hall–Kier alpha value is -2.57. The van der Waals surface area contributed by atoms with Crippen molar-refractivity contribution in [3.8, 4) is 11.5 Å². The lowest BCUT2D eigenvalue weighted by Gasteiger charge is -2.11. The zero-order chi connectivity index (χ0) is 15.8. The fraction of sp³-hybridized carbons (Fsp3) is 0.357. The Morgan fingerprint density at radius 1 is 1.19 bits per heavy atom. The summed E-state index contributed by atoms with van der Waals surface area (Å²) in [7, 11) is 1.43. The molecule has 0 unspecified atom stereocenters. The van der Waals surface area contributed by atoms with E-state index in [-0.39, 0.29) is 12.4 Å². The molecule has 7 heteroatoms. The monoisotopic (exact) mass is 294 g/mol. The highest BCUT2D eigenvalue weighted by atomic mass is 16.5. The first-order valence-corrected chi connectivity index (χ1v) is 6.37. The van der Waals surface area contributed by atoms with Gasteiger partial charge in [0.2, 0.25) is 0 Å². The Bertz CT molecular complexity index is 542. The number of hydrogen-bond donors (Lipinski definition) is 2. The minimum atomic E-state index is -0.585. The molecule has 1 aromatic carbocycles. The summed E-state index contributed by atoms with van der Waals surface area (Å²) in [5.74, 6) is -0.0328. The summed E-state index contributed by atoms with van der Waals surface area (Å²) in [5, 5.41) is 4.54. The molecular formula is C14H18N2O5. The second-order valence-electron chi connectivity index (χ2n) is 4.12. The largest absolute Gasteiger partial charge is 0.493 e. The van der Waals surface area contributed by atoms with E-state index in [1.54, 1.807) is 13.0 Å². The van der Waals surface area contributed by atoms with Gasteiger partial charge >= 0.3 is 6.03 Å². The number of benzene rings is 1. The van der Waals surface area contributed by atoms with Gasteiger partial charge in [-0.05, 0) is 32.0 Å². The number of ether oxygens (including phenoxy) is 2. The summed E-state index contributed by atoms with van der Waals surface area (Å²) in [6.45, 7) is 3.25. The molecule has 0 heterocycles. The molecule has 21 heavy (non-hydrogen) atoms. The number of amides is 3. The van der Waals surface area contributed by atoms with Gasteiger partial charge in [0.1, 0.15) is 0 Å². The van der Waals surface area contributed by atoms with E-state index in [1.165, 1.54) is 26.2 Å². The van der Waals surface area contributed by atoms with E-state index in [4.69, 9.17) is 9.47 Å². The summed E-state index contributed by atoms with van der Waals surface area (Å²) in [4.78, 5) is 33.9. The van der Waals surface area contributed by atoms with Gasteiger partial charge in [-0.2, -0.15) is 0 Å². The van der Waals surface area contributed by atoms with E-state index < -0.39 is 11.9 Å². The Balaban J connectivity index is 2.64. The Labute approximate surface area is 122 Å². The first-order chi connectivity index (χ1) is 9.97. The molecule has 0 atom stereocenters. The van der Waals surface area contributed by atoms with E-state index in [1.807, 2.05) is 0 Å². The van der Waals surface area contributed by atoms with Gasteiger partial charge in [-0.25, -0.2) is 4.79 Å². The highest BCUT2D eigenvalue weighted by molar-refractivity contribution is 5.95. The van der Waals surface area contributed by atoms with Crippen LogP contribution in [0.25, 0.3) is 0 Å². The molecule has 0 aliphatic carbocycles. The van der Waals surface area contributed by atoms with Gasteiger partial charge in [0.25, 0.3) is 5.91 Å². The fourth-order valence-corrected chi connectivity index (χ4v) is 1.52. The quantitative estimate of drug-likeness (QED) is 0.767. The molecule has 0 bridgehead atoms. The lowest BCUT2D eigenvalue weighted by molar-refractivity contribution is -0.122. The molecule has 114 valence electrons. The highest BCUT2D eigenvalue weighted by Gasteiger charge is 2.11. The second-order valence-corrected chi connectivity index (χ2v) is 4.12. The molecule has 0 spiro atoms. The number of urea groups is 1. The van der Waals surface area contributed by atoms with Crippen LogP contribution in [0.1, 0.15) is 24.2 Å². The Morgan fingerprint density at radius 2 is 1.90 bits per heavy atom. The lowest BCUT2D eigenvalue weighted by atomic mass is 10.1. The SMILES string of the molecule is CCNC(=O)NC(=O)COc1ccc(C(C)=O)cc1OC. The normalized spacial score (nSPS) is 9.67. The van der Waals surface area contributed by atoms with Crippen molar-refractivity contribution in [1.82, 2.24) is 10.6 Å². The van der Waals surface area contributed by atoms with Gasteiger partial charge in [-0.15, -0.1) is 0 Å². The summed E-state index contributed by atoms with van der Waals surface area (Å²) >= 11 is 0. The van der Waals surface area contributed by atoms with Crippen molar-refractivity contribution in [2.24, 2.45) is 0 Å². The van der Waals surface area contributed by atoms with Gasteiger partial charge in [0.15, 0.2) is 23.9 Å². The third kappa shape index (κ3) is 5.13. The number of ketones is 1. The van der Waals surface area contributed by atoms with Gasteiger partial charge < -0.3 is 14.8 Å². The topological polar surface area (TPSA) is 93.7 Å². The number of hydrogen-bond acceptors (Lipinski definition) is 5. The molecule has 0 fully saturated rings. The number of carbonyl (C=O) groups is 3. The minimum absolute atomic E-state index is 0.103. The van der Waals surface area contributed by atoms with Crippen LogP contribution in [0.15, 0.2) is 18.2 Å². The van der Waals surface area contributed by atoms with Crippen molar-refractivity contribution in [3.05, 3.63) is 23.8 Å². The molecule has 0 saturated carbocycles. The van der Waals surface area contributed by atoms with Crippen molar-refractivity contribution in [1.29, 1.82) is 0 Å². The maximum Gasteiger partial charge on any atom is 0.321 e. The molecule has 0 aliphatic heterocycles. The zero-order valence-corrected chi connectivity index (χ0v) is 12.2. The van der Waals surface area contributed by atoms with Crippen molar-refractivity contribution in [3.63, 3.8) is 0 Å². The molecule has 0 aliphatic rings. The molecule has 7 nitrogen and oxygen atoms in total. The molecule has 1 aromatic rings. The third-order valence-corrected chi connectivity index (χ3v) is 2.52. The molecule has 2 N–H and O–H groups in total. The third-order valence-electron chi connectivity index (χ3n) is 2.52. The average molecular weight is 294 g/mol. The number of nitrogens with one attached hydrogen (secondary N) is 2. The van der Waals surface area contributed by atoms with Gasteiger partial charge in [0, 0.05) is 12.1 Å². The summed E-state index contributed by atoms with van der Waals surface area (Å²) in [6, 6.07) is 4.06. The van der Waals surface area contributed by atoms with Gasteiger partial charge in [-0.3, -0.25) is 14.9 Å². The van der Waals surface area contributed by atoms with Crippen LogP contribution in [0.2, 0.25) is 0 Å². The van der Waals surface area contributed by atoms with E-state index in [2.05, 4.69) is 10.6 Å². The van der Waals surface area contributed by atoms with Gasteiger partial charge in [0.05, 0.1) is 7.11 Å². The predicted molar refractivity (Wildman–Crippen MR) is 75.7 cm³/mol. The predicted octanol–water partition coefficient (Wildman–Crippen LogP) is 1.12. The maximum atomic E-state index is 11.5. The molecule has 0 saturated heterocycles. The highest BCUT2D eigenvalue weighted by Crippen LogP contribution is 2.28. The minimum Gasteiger partial charge on any atom is -0.493 e. The van der Waals surface area contributed by atoms with E-state index in [0.717, 1.165) is 0 Å². The second kappa shape index (κ2) is 7.88. The van der Waals surface area contributed by atoms with Crippen molar-refractivity contribution >= 4 is 17.7 Å². The van der Waals surface area contributed by atoms with Crippen LogP contribution >= 0.6 is 0 Å². The van der Waals surface area contributed by atoms with Crippen molar-refractivity contribution < 1.29 is 23.9 Å². The summed E-state index contributed by atoms with van der Waals surface area (Å²) in [6.07, 6.45) is 0. The van der Waals surface area contributed by atoms with E-state index in [9.17, 15) is 14.4 Å². The lowest BCUT2D eigenvalue weighted by Crippen LogP contribution is -2.41. The van der Waals surface area contributed by atoms with Crippen LogP contribution in [-0.4, -0.2) is 38.0 Å². The van der Waals surface area contributed by atoms with Crippen LogP contribution < -0.4 is 20.1 Å². The molecule has 3 amide bonds. The summed E-state index contributed by atoms with van der Waals surface area (Å²) < 4.78 is 10.4. The van der Waals surface area contributed by atoms with E-state index >= 15 is 0 Å². The van der Waals surface area contributed by atoms with Gasteiger partial charge in [-0.1, -0.05) is 0 Å². The molecule has 1 rings (SSSR count).